The van der Waals surface area contributed by atoms with Crippen LogP contribution in [0.4, 0.5) is 0 Å². The summed E-state index contributed by atoms with van der Waals surface area (Å²) in [7, 11) is 1.92. The Balaban J connectivity index is 2.60. The van der Waals surface area contributed by atoms with Gasteiger partial charge in [-0.25, -0.2) is 0 Å². The summed E-state index contributed by atoms with van der Waals surface area (Å²) >= 11 is 0. The van der Waals surface area contributed by atoms with E-state index in [-0.39, 0.29) is 0 Å². The maximum atomic E-state index is 5.97. The lowest BCUT2D eigenvalue weighted by Gasteiger charge is -2.36. The van der Waals surface area contributed by atoms with Crippen molar-refractivity contribution in [3.05, 3.63) is 0 Å². The number of rotatable bonds is 10. The molecule has 0 amide bonds. The Bertz CT molecular complexity index is 225. The minimum absolute atomic E-state index is 0.418. The van der Waals surface area contributed by atoms with Gasteiger partial charge in [0.1, 0.15) is 0 Å². The zero-order chi connectivity index (χ0) is 14.8. The first kappa shape index (κ1) is 18.0. The molecule has 0 aliphatic heterocycles. The molecule has 2 nitrogen and oxygen atoms in total. The van der Waals surface area contributed by atoms with Crippen molar-refractivity contribution in [3.8, 4) is 0 Å². The van der Waals surface area contributed by atoms with E-state index in [1.807, 2.05) is 7.11 Å². The second kappa shape index (κ2) is 10.6. The highest BCUT2D eigenvalue weighted by atomic mass is 16.5. The Hall–Kier alpha value is -0.0800. The Morgan fingerprint density at radius 2 is 1.80 bits per heavy atom. The van der Waals surface area contributed by atoms with Crippen LogP contribution in [0.15, 0.2) is 0 Å². The molecule has 0 bridgehead atoms. The molecule has 2 heteroatoms. The van der Waals surface area contributed by atoms with Crippen molar-refractivity contribution in [1.82, 2.24) is 5.32 Å². The molecule has 20 heavy (non-hydrogen) atoms. The fourth-order valence-electron chi connectivity index (χ4n) is 3.86. The third-order valence-electron chi connectivity index (χ3n) is 4.88. The molecule has 0 aromatic heterocycles. The van der Waals surface area contributed by atoms with Gasteiger partial charge in [0, 0.05) is 13.2 Å². The van der Waals surface area contributed by atoms with Crippen molar-refractivity contribution >= 4 is 0 Å². The molecule has 0 aromatic rings. The van der Waals surface area contributed by atoms with Crippen molar-refractivity contribution in [2.45, 2.75) is 90.7 Å². The van der Waals surface area contributed by atoms with E-state index in [1.54, 1.807) is 0 Å². The van der Waals surface area contributed by atoms with Crippen molar-refractivity contribution in [2.24, 2.45) is 11.8 Å². The van der Waals surface area contributed by atoms with Gasteiger partial charge >= 0.3 is 0 Å². The molecular weight excluding hydrogens is 246 g/mol. The first-order chi connectivity index (χ1) is 9.72. The Morgan fingerprint density at radius 1 is 1.10 bits per heavy atom. The number of nitrogens with one attached hydrogen (secondary N) is 1. The van der Waals surface area contributed by atoms with Gasteiger partial charge in [-0.05, 0) is 44.1 Å². The van der Waals surface area contributed by atoms with Crippen LogP contribution < -0.4 is 5.32 Å². The van der Waals surface area contributed by atoms with Crippen LogP contribution in [0.1, 0.15) is 78.6 Å². The largest absolute Gasteiger partial charge is 0.380 e. The summed E-state index contributed by atoms with van der Waals surface area (Å²) < 4.78 is 5.97. The highest BCUT2D eigenvalue weighted by molar-refractivity contribution is 4.86. The number of ether oxygens (including phenoxy) is 1. The van der Waals surface area contributed by atoms with Crippen molar-refractivity contribution in [3.63, 3.8) is 0 Å². The van der Waals surface area contributed by atoms with E-state index in [9.17, 15) is 0 Å². The zero-order valence-electron chi connectivity index (χ0n) is 14.3. The smallest absolute Gasteiger partial charge is 0.0752 e. The van der Waals surface area contributed by atoms with Gasteiger partial charge in [-0.1, -0.05) is 52.9 Å². The lowest BCUT2D eigenvalue weighted by Crippen LogP contribution is -2.46. The van der Waals surface area contributed by atoms with Gasteiger partial charge < -0.3 is 10.1 Å². The maximum Gasteiger partial charge on any atom is 0.0752 e. The fraction of sp³-hybridized carbons (Fsp3) is 1.00. The number of methoxy groups -OCH3 is 1. The van der Waals surface area contributed by atoms with Gasteiger partial charge in [0.15, 0.2) is 0 Å². The van der Waals surface area contributed by atoms with Gasteiger partial charge in [-0.2, -0.15) is 0 Å². The van der Waals surface area contributed by atoms with Crippen LogP contribution in [0.5, 0.6) is 0 Å². The molecule has 0 heterocycles. The summed E-state index contributed by atoms with van der Waals surface area (Å²) in [6.45, 7) is 8.07. The quantitative estimate of drug-likeness (QED) is 0.623. The van der Waals surface area contributed by atoms with Crippen molar-refractivity contribution < 1.29 is 4.74 Å². The van der Waals surface area contributed by atoms with Crippen LogP contribution in [0.2, 0.25) is 0 Å². The molecule has 0 aromatic carbocycles. The third kappa shape index (κ3) is 6.13. The van der Waals surface area contributed by atoms with Crippen LogP contribution >= 0.6 is 0 Å². The summed E-state index contributed by atoms with van der Waals surface area (Å²) in [6.07, 6.45) is 12.5. The highest BCUT2D eigenvalue weighted by Gasteiger charge is 2.31. The molecule has 1 fully saturated rings. The summed E-state index contributed by atoms with van der Waals surface area (Å²) in [4.78, 5) is 0. The van der Waals surface area contributed by atoms with E-state index in [0.29, 0.717) is 12.1 Å². The van der Waals surface area contributed by atoms with E-state index in [4.69, 9.17) is 4.74 Å². The van der Waals surface area contributed by atoms with E-state index < -0.39 is 0 Å². The Kier molecular flexibility index (Phi) is 9.54. The molecule has 0 saturated heterocycles. The van der Waals surface area contributed by atoms with Gasteiger partial charge in [0.05, 0.1) is 6.10 Å². The summed E-state index contributed by atoms with van der Waals surface area (Å²) in [5, 5.41) is 3.78. The molecule has 1 aliphatic rings. The Labute approximate surface area is 127 Å². The summed E-state index contributed by atoms with van der Waals surface area (Å²) in [6, 6.07) is 0.546. The third-order valence-corrected chi connectivity index (χ3v) is 4.88. The number of hydrogen-bond donors (Lipinski definition) is 1. The average molecular weight is 284 g/mol. The fourth-order valence-corrected chi connectivity index (χ4v) is 3.86. The van der Waals surface area contributed by atoms with Gasteiger partial charge in [-0.3, -0.25) is 0 Å². The maximum absolute atomic E-state index is 5.97. The molecule has 1 saturated carbocycles. The zero-order valence-corrected chi connectivity index (χ0v) is 14.3. The summed E-state index contributed by atoms with van der Waals surface area (Å²) in [5.41, 5.74) is 0. The molecule has 3 atom stereocenters. The minimum atomic E-state index is 0.418. The van der Waals surface area contributed by atoms with Crippen LogP contribution in [-0.2, 0) is 4.74 Å². The molecule has 1 N–H and O–H groups in total. The SMILES string of the molecule is CCCNC(CC(C)CCC)C(OC)C1CCCCC1. The van der Waals surface area contributed by atoms with Crippen LogP contribution in [-0.4, -0.2) is 25.8 Å². The van der Waals surface area contributed by atoms with E-state index in [1.165, 1.54) is 57.8 Å². The van der Waals surface area contributed by atoms with Gasteiger partial charge in [0.25, 0.3) is 0 Å². The predicted octanol–water partition coefficient (Wildman–Crippen LogP) is 4.78. The van der Waals surface area contributed by atoms with Crippen molar-refractivity contribution in [1.29, 1.82) is 0 Å². The second-order valence-corrected chi connectivity index (χ2v) is 6.79. The first-order valence-electron chi connectivity index (χ1n) is 8.99. The van der Waals surface area contributed by atoms with E-state index in [0.717, 1.165) is 18.4 Å². The topological polar surface area (TPSA) is 21.3 Å². The molecule has 1 rings (SSSR count). The molecule has 120 valence electrons. The molecule has 1 aliphatic carbocycles. The molecule has 0 radical (unpaired) electrons. The van der Waals surface area contributed by atoms with Crippen LogP contribution in [0.25, 0.3) is 0 Å². The average Bonchev–Trinajstić information content (AvgIpc) is 2.46. The number of hydrogen-bond acceptors (Lipinski definition) is 2. The van der Waals surface area contributed by atoms with Gasteiger partial charge in [0.2, 0.25) is 0 Å². The Morgan fingerprint density at radius 3 is 2.35 bits per heavy atom. The minimum Gasteiger partial charge on any atom is -0.380 e. The lowest BCUT2D eigenvalue weighted by molar-refractivity contribution is 0.00234. The molecule has 3 unspecified atom stereocenters. The van der Waals surface area contributed by atoms with E-state index >= 15 is 0 Å². The first-order valence-corrected chi connectivity index (χ1v) is 8.99. The van der Waals surface area contributed by atoms with E-state index in [2.05, 4.69) is 26.1 Å². The highest BCUT2D eigenvalue weighted by Crippen LogP contribution is 2.31. The molecule has 0 spiro atoms. The normalized spacial score (nSPS) is 21.6. The lowest BCUT2D eigenvalue weighted by atomic mass is 9.80. The molecular formula is C18H37NO. The van der Waals surface area contributed by atoms with Gasteiger partial charge in [-0.15, -0.1) is 0 Å². The van der Waals surface area contributed by atoms with Crippen LogP contribution in [0, 0.1) is 11.8 Å². The monoisotopic (exact) mass is 283 g/mol. The second-order valence-electron chi connectivity index (χ2n) is 6.79. The summed E-state index contributed by atoms with van der Waals surface area (Å²) in [5.74, 6) is 1.58. The predicted molar refractivity (Wildman–Crippen MR) is 88.1 cm³/mol. The standard InChI is InChI=1S/C18H37NO/c1-5-10-15(3)14-17(19-13-6-2)18(20-4)16-11-8-7-9-12-16/h15-19H,5-14H2,1-4H3. The van der Waals surface area contributed by atoms with Crippen LogP contribution in [0.3, 0.4) is 0 Å². The van der Waals surface area contributed by atoms with Crippen molar-refractivity contribution in [2.75, 3.05) is 13.7 Å².